The number of amides is 2. The summed E-state index contributed by atoms with van der Waals surface area (Å²) in [5.41, 5.74) is 0. The third kappa shape index (κ3) is 6.26. The molecule has 1 aromatic carbocycles. The number of benzene rings is 1. The monoisotopic (exact) mass is 469 g/mol. The third-order valence-electron chi connectivity index (χ3n) is 6.10. The summed E-state index contributed by atoms with van der Waals surface area (Å²) in [6.45, 7) is 2.47. The van der Waals surface area contributed by atoms with Crippen molar-refractivity contribution in [3.8, 4) is 0 Å². The zero-order valence-electron chi connectivity index (χ0n) is 18.4. The molecule has 178 valence electrons. The Morgan fingerprint density at radius 1 is 1.16 bits per heavy atom. The SMILES string of the molecule is CCC(C(=O)NCC1CCCO1)N(C(=O)CNS(=O)(=O)c1ccc(F)cc1)C1CCCC1. The molecule has 2 fully saturated rings. The first-order chi connectivity index (χ1) is 15.3. The van der Waals surface area contributed by atoms with Crippen molar-refractivity contribution in [2.24, 2.45) is 0 Å². The van der Waals surface area contributed by atoms with Gasteiger partial charge in [-0.15, -0.1) is 0 Å². The summed E-state index contributed by atoms with van der Waals surface area (Å²) < 4.78 is 46.0. The van der Waals surface area contributed by atoms with E-state index in [4.69, 9.17) is 4.74 Å². The first kappa shape index (κ1) is 24.6. The minimum atomic E-state index is -3.98. The fraction of sp³-hybridized carbons (Fsp3) is 0.636. The number of ether oxygens (including phenoxy) is 1. The van der Waals surface area contributed by atoms with E-state index in [1.165, 1.54) is 0 Å². The van der Waals surface area contributed by atoms with Gasteiger partial charge in [-0.05, 0) is 56.4 Å². The van der Waals surface area contributed by atoms with Crippen LogP contribution in [0.1, 0.15) is 51.9 Å². The van der Waals surface area contributed by atoms with Crippen LogP contribution >= 0.6 is 0 Å². The fourth-order valence-electron chi connectivity index (χ4n) is 4.41. The van der Waals surface area contributed by atoms with Crippen LogP contribution in [0, 0.1) is 5.82 Å². The highest BCUT2D eigenvalue weighted by atomic mass is 32.2. The number of rotatable bonds is 10. The zero-order valence-corrected chi connectivity index (χ0v) is 19.2. The summed E-state index contributed by atoms with van der Waals surface area (Å²) in [5, 5.41) is 2.91. The van der Waals surface area contributed by atoms with Crippen molar-refractivity contribution < 1.29 is 27.1 Å². The van der Waals surface area contributed by atoms with E-state index in [1.807, 2.05) is 6.92 Å². The van der Waals surface area contributed by atoms with Crippen LogP contribution in [0.5, 0.6) is 0 Å². The Kier molecular flexibility index (Phi) is 8.61. The molecular formula is C22H32FN3O5S. The van der Waals surface area contributed by atoms with E-state index in [2.05, 4.69) is 10.0 Å². The standard InChI is InChI=1S/C22H32FN3O5S/c1-2-20(22(28)24-14-18-8-5-13-31-18)26(17-6-3-4-7-17)21(27)15-25-32(29,30)19-11-9-16(23)10-12-19/h9-12,17-18,20,25H,2-8,13-15H2,1H3,(H,24,28). The van der Waals surface area contributed by atoms with Crippen LogP contribution in [0.4, 0.5) is 4.39 Å². The van der Waals surface area contributed by atoms with Crippen LogP contribution < -0.4 is 10.0 Å². The summed E-state index contributed by atoms with van der Waals surface area (Å²) in [6, 6.07) is 3.60. The van der Waals surface area contributed by atoms with Crippen LogP contribution in [-0.4, -0.2) is 63.0 Å². The Hall–Kier alpha value is -2.04. The average molecular weight is 470 g/mol. The van der Waals surface area contributed by atoms with Crippen LogP contribution in [0.2, 0.25) is 0 Å². The number of hydrogen-bond donors (Lipinski definition) is 2. The van der Waals surface area contributed by atoms with Gasteiger partial charge >= 0.3 is 0 Å². The quantitative estimate of drug-likeness (QED) is 0.545. The van der Waals surface area contributed by atoms with Crippen molar-refractivity contribution in [2.45, 2.75) is 75.0 Å². The lowest BCUT2D eigenvalue weighted by Gasteiger charge is -2.35. The maximum absolute atomic E-state index is 13.2. The van der Waals surface area contributed by atoms with Crippen molar-refractivity contribution >= 4 is 21.8 Å². The van der Waals surface area contributed by atoms with E-state index in [-0.39, 0.29) is 22.9 Å². The normalized spacial score (nSPS) is 20.2. The molecule has 1 aliphatic carbocycles. The van der Waals surface area contributed by atoms with Gasteiger partial charge in [0.1, 0.15) is 11.9 Å². The predicted molar refractivity (Wildman–Crippen MR) is 117 cm³/mol. The predicted octanol–water partition coefficient (Wildman–Crippen LogP) is 1.95. The van der Waals surface area contributed by atoms with Crippen LogP contribution in [0.25, 0.3) is 0 Å². The number of carbonyl (C=O) groups is 2. The second-order valence-electron chi connectivity index (χ2n) is 8.32. The smallest absolute Gasteiger partial charge is 0.242 e. The van der Waals surface area contributed by atoms with Crippen LogP contribution in [-0.2, 0) is 24.3 Å². The van der Waals surface area contributed by atoms with E-state index < -0.39 is 34.3 Å². The van der Waals surface area contributed by atoms with E-state index in [0.29, 0.717) is 19.6 Å². The highest BCUT2D eigenvalue weighted by molar-refractivity contribution is 7.89. The fourth-order valence-corrected chi connectivity index (χ4v) is 5.38. The molecule has 2 atom stereocenters. The second-order valence-corrected chi connectivity index (χ2v) is 10.1. The van der Waals surface area contributed by atoms with Gasteiger partial charge in [0, 0.05) is 19.2 Å². The molecule has 1 saturated carbocycles. The van der Waals surface area contributed by atoms with E-state index in [1.54, 1.807) is 4.90 Å². The van der Waals surface area contributed by atoms with Gasteiger partial charge < -0.3 is 15.0 Å². The molecule has 0 radical (unpaired) electrons. The van der Waals surface area contributed by atoms with Crippen LogP contribution in [0.15, 0.2) is 29.2 Å². The summed E-state index contributed by atoms with van der Waals surface area (Å²) in [4.78, 5) is 27.6. The lowest BCUT2D eigenvalue weighted by molar-refractivity contribution is -0.142. The molecule has 8 nitrogen and oxygen atoms in total. The highest BCUT2D eigenvalue weighted by Crippen LogP contribution is 2.26. The van der Waals surface area contributed by atoms with Gasteiger partial charge in [-0.1, -0.05) is 19.8 Å². The van der Waals surface area contributed by atoms with Gasteiger partial charge in [-0.25, -0.2) is 17.5 Å². The maximum Gasteiger partial charge on any atom is 0.242 e. The van der Waals surface area contributed by atoms with Crippen molar-refractivity contribution in [1.29, 1.82) is 0 Å². The zero-order chi connectivity index (χ0) is 23.1. The molecule has 1 aromatic rings. The van der Waals surface area contributed by atoms with Crippen molar-refractivity contribution in [2.75, 3.05) is 19.7 Å². The molecule has 2 amide bonds. The molecule has 0 aromatic heterocycles. The summed E-state index contributed by atoms with van der Waals surface area (Å²) in [6.07, 6.45) is 5.77. The summed E-state index contributed by atoms with van der Waals surface area (Å²) >= 11 is 0. The number of sulfonamides is 1. The molecule has 1 saturated heterocycles. The molecule has 2 unspecified atom stereocenters. The Morgan fingerprint density at radius 2 is 1.84 bits per heavy atom. The minimum Gasteiger partial charge on any atom is -0.376 e. The molecule has 32 heavy (non-hydrogen) atoms. The number of nitrogens with one attached hydrogen (secondary N) is 2. The van der Waals surface area contributed by atoms with Gasteiger partial charge in [-0.3, -0.25) is 9.59 Å². The van der Waals surface area contributed by atoms with Gasteiger partial charge in [-0.2, -0.15) is 0 Å². The topological polar surface area (TPSA) is 105 Å². The summed E-state index contributed by atoms with van der Waals surface area (Å²) in [5.74, 6) is -1.24. The third-order valence-corrected chi connectivity index (χ3v) is 7.51. The van der Waals surface area contributed by atoms with Gasteiger partial charge in [0.2, 0.25) is 21.8 Å². The lowest BCUT2D eigenvalue weighted by Crippen LogP contribution is -2.56. The van der Waals surface area contributed by atoms with E-state index in [9.17, 15) is 22.4 Å². The lowest BCUT2D eigenvalue weighted by atomic mass is 10.1. The largest absolute Gasteiger partial charge is 0.376 e. The Labute approximate surface area is 188 Å². The van der Waals surface area contributed by atoms with Crippen molar-refractivity contribution in [1.82, 2.24) is 14.9 Å². The highest BCUT2D eigenvalue weighted by Gasteiger charge is 2.36. The average Bonchev–Trinajstić information content (AvgIpc) is 3.49. The minimum absolute atomic E-state index is 0.00499. The molecule has 1 aliphatic heterocycles. The number of halogens is 1. The first-order valence-electron chi connectivity index (χ1n) is 11.3. The van der Waals surface area contributed by atoms with Crippen molar-refractivity contribution in [3.63, 3.8) is 0 Å². The number of carbonyl (C=O) groups excluding carboxylic acids is 2. The first-order valence-corrected chi connectivity index (χ1v) is 12.8. The Morgan fingerprint density at radius 3 is 2.44 bits per heavy atom. The van der Waals surface area contributed by atoms with Crippen LogP contribution in [0.3, 0.4) is 0 Å². The molecule has 2 N–H and O–H groups in total. The van der Waals surface area contributed by atoms with Gasteiger partial charge in [0.25, 0.3) is 0 Å². The molecule has 1 heterocycles. The Bertz CT molecular complexity index is 881. The van der Waals surface area contributed by atoms with E-state index in [0.717, 1.165) is 62.8 Å². The van der Waals surface area contributed by atoms with Crippen molar-refractivity contribution in [3.05, 3.63) is 30.1 Å². The molecule has 0 bridgehead atoms. The van der Waals surface area contributed by atoms with E-state index >= 15 is 0 Å². The number of hydrogen-bond acceptors (Lipinski definition) is 5. The van der Waals surface area contributed by atoms with Gasteiger partial charge in [0.05, 0.1) is 17.5 Å². The summed E-state index contributed by atoms with van der Waals surface area (Å²) in [7, 11) is -3.98. The number of nitrogens with zero attached hydrogens (tertiary/aromatic N) is 1. The second kappa shape index (κ2) is 11.2. The van der Waals surface area contributed by atoms with Gasteiger partial charge in [0.15, 0.2) is 0 Å². The molecule has 0 spiro atoms. The molecule has 10 heteroatoms. The molecular weight excluding hydrogens is 437 g/mol. The molecule has 3 rings (SSSR count). The molecule has 2 aliphatic rings. The maximum atomic E-state index is 13.2. The Balaban J connectivity index is 1.68.